The molecule has 0 spiro atoms. The third-order valence-corrected chi connectivity index (χ3v) is 9.96. The molecule has 8 heteroatoms. The number of rotatable bonds is 5. The van der Waals surface area contributed by atoms with E-state index in [9.17, 15) is 18.5 Å². The van der Waals surface area contributed by atoms with Gasteiger partial charge < -0.3 is 5.32 Å². The zero-order chi connectivity index (χ0) is 25.2. The summed E-state index contributed by atoms with van der Waals surface area (Å²) >= 11 is 0. The SMILES string of the molecule is CC(=O)NC1CCC(C#N)(c2ccc(CN3[C@@H](C)CC[C@@H](c4ccccc4)S3(=O)=O)c(F)c2)CC1. The van der Waals surface area contributed by atoms with Crippen LogP contribution in [0.5, 0.6) is 0 Å². The van der Waals surface area contributed by atoms with E-state index in [1.54, 1.807) is 12.1 Å². The lowest BCUT2D eigenvalue weighted by molar-refractivity contribution is -0.119. The van der Waals surface area contributed by atoms with Crippen LogP contribution >= 0.6 is 0 Å². The van der Waals surface area contributed by atoms with Gasteiger partial charge >= 0.3 is 0 Å². The molecule has 186 valence electrons. The number of nitriles is 1. The van der Waals surface area contributed by atoms with E-state index in [1.165, 1.54) is 17.3 Å². The van der Waals surface area contributed by atoms with Gasteiger partial charge in [0.25, 0.3) is 0 Å². The molecular formula is C27H32FN3O3S. The Bertz CT molecular complexity index is 1220. The second-order valence-corrected chi connectivity index (χ2v) is 12.0. The Morgan fingerprint density at radius 2 is 1.83 bits per heavy atom. The highest BCUT2D eigenvalue weighted by atomic mass is 32.2. The Morgan fingerprint density at radius 3 is 2.43 bits per heavy atom. The summed E-state index contributed by atoms with van der Waals surface area (Å²) in [6, 6.07) is 16.2. The molecule has 1 aliphatic heterocycles. The average molecular weight is 498 g/mol. The van der Waals surface area contributed by atoms with Gasteiger partial charge in [-0.25, -0.2) is 12.8 Å². The standard InChI is InChI=1S/C27H32FN3O3S/c1-19-8-11-26(21-6-4-3-5-7-21)35(33,34)31(19)17-22-9-10-23(16-25(22)28)27(18-29)14-12-24(13-15-27)30-20(2)32/h3-7,9-10,16,19,24,26H,8,11-15,17H2,1-2H3,(H,30,32)/t19-,24?,26-,27?/m0/s1. The maximum atomic E-state index is 15.3. The minimum absolute atomic E-state index is 0.0291. The number of halogens is 1. The van der Waals surface area contributed by atoms with Gasteiger partial charge in [-0.1, -0.05) is 42.5 Å². The molecule has 0 radical (unpaired) electrons. The van der Waals surface area contributed by atoms with Gasteiger partial charge in [-0.3, -0.25) is 4.79 Å². The Kier molecular flexibility index (Phi) is 7.30. The topological polar surface area (TPSA) is 90.3 Å². The molecule has 2 aliphatic rings. The van der Waals surface area contributed by atoms with Gasteiger partial charge in [0, 0.05) is 31.1 Å². The van der Waals surface area contributed by atoms with Gasteiger partial charge in [0.15, 0.2) is 0 Å². The molecule has 0 unspecified atom stereocenters. The molecule has 0 bridgehead atoms. The second kappa shape index (κ2) is 10.1. The summed E-state index contributed by atoms with van der Waals surface area (Å²) in [5.41, 5.74) is 0.861. The van der Waals surface area contributed by atoms with E-state index < -0.39 is 26.5 Å². The third kappa shape index (κ3) is 5.12. The van der Waals surface area contributed by atoms with Crippen LogP contribution in [0.25, 0.3) is 0 Å². The third-order valence-electron chi connectivity index (χ3n) is 7.59. The fraction of sp³-hybridized carbons (Fsp3) is 0.481. The molecule has 1 heterocycles. The summed E-state index contributed by atoms with van der Waals surface area (Å²) in [6.45, 7) is 3.30. The van der Waals surface area contributed by atoms with Crippen LogP contribution < -0.4 is 5.32 Å². The highest BCUT2D eigenvalue weighted by molar-refractivity contribution is 7.89. The number of carbonyl (C=O) groups excluding carboxylic acids is 1. The normalized spacial score (nSPS) is 28.7. The number of hydrogen-bond donors (Lipinski definition) is 1. The van der Waals surface area contributed by atoms with Crippen LogP contribution in [0.1, 0.15) is 74.3 Å². The molecule has 1 N–H and O–H groups in total. The summed E-state index contributed by atoms with van der Waals surface area (Å²) in [5, 5.41) is 12.2. The molecule has 6 nitrogen and oxygen atoms in total. The van der Waals surface area contributed by atoms with Crippen molar-refractivity contribution >= 4 is 15.9 Å². The monoisotopic (exact) mass is 497 g/mol. The molecule has 2 atom stereocenters. The number of nitrogens with zero attached hydrogens (tertiary/aromatic N) is 2. The first-order chi connectivity index (χ1) is 16.7. The molecule has 0 aromatic heterocycles. The molecule has 1 saturated carbocycles. The molecule has 1 amide bonds. The number of sulfonamides is 1. The summed E-state index contributed by atoms with van der Waals surface area (Å²) in [4.78, 5) is 11.4. The minimum atomic E-state index is -3.67. The predicted octanol–water partition coefficient (Wildman–Crippen LogP) is 4.72. The number of hydrogen-bond acceptors (Lipinski definition) is 4. The van der Waals surface area contributed by atoms with Crippen molar-refractivity contribution in [1.29, 1.82) is 5.26 Å². The first kappa shape index (κ1) is 25.3. The highest BCUT2D eigenvalue weighted by Gasteiger charge is 2.41. The van der Waals surface area contributed by atoms with Crippen molar-refractivity contribution in [3.8, 4) is 6.07 Å². The maximum absolute atomic E-state index is 15.3. The van der Waals surface area contributed by atoms with Crippen LogP contribution in [-0.4, -0.2) is 30.7 Å². The fourth-order valence-electron chi connectivity index (χ4n) is 5.50. The first-order valence-electron chi connectivity index (χ1n) is 12.2. The number of carbonyl (C=O) groups is 1. The van der Waals surface area contributed by atoms with Gasteiger partial charge in [-0.15, -0.1) is 0 Å². The maximum Gasteiger partial charge on any atom is 0.221 e. The summed E-state index contributed by atoms with van der Waals surface area (Å²) < 4.78 is 43.7. The fourth-order valence-corrected chi connectivity index (χ4v) is 7.69. The predicted molar refractivity (Wildman–Crippen MR) is 132 cm³/mol. The molecular weight excluding hydrogens is 465 g/mol. The quantitative estimate of drug-likeness (QED) is 0.647. The number of nitrogens with one attached hydrogen (secondary N) is 1. The van der Waals surface area contributed by atoms with Gasteiger partial charge in [0.2, 0.25) is 15.9 Å². The van der Waals surface area contributed by atoms with Gasteiger partial charge in [-0.05, 0) is 62.6 Å². The van der Waals surface area contributed by atoms with Gasteiger partial charge in [-0.2, -0.15) is 9.57 Å². The van der Waals surface area contributed by atoms with E-state index in [2.05, 4.69) is 11.4 Å². The summed E-state index contributed by atoms with van der Waals surface area (Å²) in [5.74, 6) is -0.586. The number of amides is 1. The van der Waals surface area contributed by atoms with Crippen LogP contribution in [0.4, 0.5) is 4.39 Å². The molecule has 1 aliphatic carbocycles. The Balaban J connectivity index is 1.55. The van der Waals surface area contributed by atoms with Crippen molar-refractivity contribution < 1.29 is 17.6 Å². The molecule has 2 fully saturated rings. The van der Waals surface area contributed by atoms with E-state index in [4.69, 9.17) is 0 Å². The van der Waals surface area contributed by atoms with Crippen molar-refractivity contribution in [3.05, 3.63) is 71.0 Å². The smallest absolute Gasteiger partial charge is 0.221 e. The van der Waals surface area contributed by atoms with E-state index >= 15 is 4.39 Å². The van der Waals surface area contributed by atoms with Crippen LogP contribution in [-0.2, 0) is 26.8 Å². The van der Waals surface area contributed by atoms with Crippen molar-refractivity contribution in [2.75, 3.05) is 0 Å². The van der Waals surface area contributed by atoms with Gasteiger partial charge in [0.1, 0.15) is 11.1 Å². The zero-order valence-corrected chi connectivity index (χ0v) is 21.0. The van der Waals surface area contributed by atoms with E-state index in [0.717, 1.165) is 5.56 Å². The molecule has 4 rings (SSSR count). The largest absolute Gasteiger partial charge is 0.354 e. The lowest BCUT2D eigenvalue weighted by Crippen LogP contribution is -2.44. The minimum Gasteiger partial charge on any atom is -0.354 e. The Labute approximate surface area is 207 Å². The number of benzene rings is 2. The molecule has 2 aromatic carbocycles. The molecule has 2 aromatic rings. The molecule has 1 saturated heterocycles. The highest BCUT2D eigenvalue weighted by Crippen LogP contribution is 2.41. The van der Waals surface area contributed by atoms with Gasteiger partial charge in [0.05, 0.1) is 11.5 Å². The van der Waals surface area contributed by atoms with Crippen LogP contribution in [0.3, 0.4) is 0 Å². The molecule has 35 heavy (non-hydrogen) atoms. The van der Waals surface area contributed by atoms with Crippen LogP contribution in [0.2, 0.25) is 0 Å². The Hall–Kier alpha value is -2.76. The van der Waals surface area contributed by atoms with Crippen LogP contribution in [0, 0.1) is 17.1 Å². The lowest BCUT2D eigenvalue weighted by atomic mass is 9.69. The van der Waals surface area contributed by atoms with Crippen LogP contribution in [0.15, 0.2) is 48.5 Å². The first-order valence-corrected chi connectivity index (χ1v) is 13.7. The van der Waals surface area contributed by atoms with E-state index in [0.29, 0.717) is 49.7 Å². The van der Waals surface area contributed by atoms with Crippen molar-refractivity contribution in [3.63, 3.8) is 0 Å². The van der Waals surface area contributed by atoms with E-state index in [1.807, 2.05) is 37.3 Å². The van der Waals surface area contributed by atoms with E-state index in [-0.39, 0.29) is 24.5 Å². The Morgan fingerprint density at radius 1 is 1.14 bits per heavy atom. The lowest BCUT2D eigenvalue weighted by Gasteiger charge is -2.38. The average Bonchev–Trinajstić information content (AvgIpc) is 2.83. The second-order valence-electron chi connectivity index (χ2n) is 9.89. The van der Waals surface area contributed by atoms with Crippen molar-refractivity contribution in [2.45, 2.75) is 81.7 Å². The summed E-state index contributed by atoms with van der Waals surface area (Å²) in [6.07, 6.45) is 3.61. The summed E-state index contributed by atoms with van der Waals surface area (Å²) in [7, 11) is -3.67. The zero-order valence-electron chi connectivity index (χ0n) is 20.2. The van der Waals surface area contributed by atoms with Crippen molar-refractivity contribution in [2.24, 2.45) is 0 Å². The van der Waals surface area contributed by atoms with Crippen molar-refractivity contribution in [1.82, 2.24) is 9.62 Å².